The third kappa shape index (κ3) is 1.89. The van der Waals surface area contributed by atoms with E-state index in [2.05, 4.69) is 29.6 Å². The van der Waals surface area contributed by atoms with Crippen molar-refractivity contribution in [2.45, 2.75) is 12.8 Å². The molecule has 0 fully saturated rings. The van der Waals surface area contributed by atoms with Crippen LogP contribution in [0.4, 0.5) is 0 Å². The molecule has 184 valence electrons. The van der Waals surface area contributed by atoms with Crippen molar-refractivity contribution in [1.29, 1.82) is 0 Å². The van der Waals surface area contributed by atoms with Gasteiger partial charge in [0.15, 0.2) is 0 Å². The zero-order valence-electron chi connectivity index (χ0n) is 20.8. The van der Waals surface area contributed by atoms with E-state index in [-0.39, 0.29) is 17.4 Å². The van der Waals surface area contributed by atoms with Crippen LogP contribution >= 0.6 is 0 Å². The molecular weight excluding hydrogens is 498 g/mol. The molecule has 1 aliphatic carbocycles. The highest BCUT2D eigenvalue weighted by Crippen LogP contribution is 2.52. The van der Waals surface area contributed by atoms with Crippen LogP contribution in [0.5, 0.6) is 0 Å². The maximum Gasteiger partial charge on any atom is 0.264 e. The molecule has 6 nitrogen and oxygen atoms in total. The molecule has 9 aromatic rings. The summed E-state index contributed by atoms with van der Waals surface area (Å²) in [5.41, 5.74) is 5.63. The number of hydrogen-bond acceptors (Lipinski definition) is 4. The van der Waals surface area contributed by atoms with Gasteiger partial charge in [0.25, 0.3) is 17.4 Å². The Kier molecular flexibility index (Phi) is 2.92. The highest BCUT2D eigenvalue weighted by Gasteiger charge is 2.33. The maximum atomic E-state index is 14.2. The topological polar surface area (TPSA) is 80.5 Å². The summed E-state index contributed by atoms with van der Waals surface area (Å²) < 4.78 is 1.77. The molecule has 0 radical (unpaired) electrons. The Morgan fingerprint density at radius 3 is 2.10 bits per heavy atom. The molecule has 11 rings (SSSR count). The second-order valence-electron chi connectivity index (χ2n) is 11.4. The van der Waals surface area contributed by atoms with Gasteiger partial charge in [-0.05, 0) is 103 Å². The zero-order valence-corrected chi connectivity index (χ0v) is 20.8. The van der Waals surface area contributed by atoms with Crippen molar-refractivity contribution in [2.24, 2.45) is 0 Å². The maximum absolute atomic E-state index is 14.2. The summed E-state index contributed by atoms with van der Waals surface area (Å²) in [5, 5.41) is 14.5. The molecule has 2 aromatic heterocycles. The molecule has 1 aliphatic heterocycles. The van der Waals surface area contributed by atoms with Crippen LogP contribution < -0.4 is 10.9 Å². The average Bonchev–Trinajstić information content (AvgIpc) is 3.37. The van der Waals surface area contributed by atoms with Crippen LogP contribution in [-0.4, -0.2) is 21.2 Å². The van der Waals surface area contributed by atoms with Crippen molar-refractivity contribution in [3.05, 3.63) is 93.3 Å². The molecule has 2 amide bonds. The summed E-state index contributed by atoms with van der Waals surface area (Å²) in [6, 6.07) is 20.2. The third-order valence-electron chi connectivity index (χ3n) is 9.59. The molecule has 0 bridgehead atoms. The lowest BCUT2D eigenvalue weighted by Crippen LogP contribution is -2.35. The van der Waals surface area contributed by atoms with Gasteiger partial charge in [0.05, 0.1) is 11.0 Å². The van der Waals surface area contributed by atoms with E-state index >= 15 is 0 Å². The van der Waals surface area contributed by atoms with Crippen LogP contribution in [0.25, 0.3) is 81.3 Å². The predicted octanol–water partition coefficient (Wildman–Crippen LogP) is 6.06. The minimum absolute atomic E-state index is 0.0466. The molecule has 40 heavy (non-hydrogen) atoms. The van der Waals surface area contributed by atoms with Crippen molar-refractivity contribution in [1.82, 2.24) is 14.7 Å². The van der Waals surface area contributed by atoms with Crippen LogP contribution in [-0.2, 0) is 12.8 Å². The molecule has 2 aliphatic rings. The number of pyridine rings is 1. The molecule has 1 N–H and O–H groups in total. The summed E-state index contributed by atoms with van der Waals surface area (Å²) in [6.45, 7) is 0. The second kappa shape index (κ2) is 5.95. The first-order chi connectivity index (χ1) is 19.6. The lowest BCUT2D eigenvalue weighted by atomic mass is 9.75. The smallest absolute Gasteiger partial charge is 0.264 e. The summed E-state index contributed by atoms with van der Waals surface area (Å²) in [6.07, 6.45) is 1.54. The number of benzene rings is 7. The molecule has 0 unspecified atom stereocenters. The van der Waals surface area contributed by atoms with Crippen LogP contribution in [0.2, 0.25) is 0 Å². The largest absolute Gasteiger partial charge is 0.288 e. The van der Waals surface area contributed by atoms with Gasteiger partial charge in [0.1, 0.15) is 5.65 Å². The van der Waals surface area contributed by atoms with Gasteiger partial charge < -0.3 is 0 Å². The number of carbonyl (C=O) groups is 2. The van der Waals surface area contributed by atoms with Crippen molar-refractivity contribution in [2.75, 3.05) is 0 Å². The van der Waals surface area contributed by atoms with Gasteiger partial charge in [0.2, 0.25) is 0 Å². The fourth-order valence-electron chi connectivity index (χ4n) is 8.12. The number of imide groups is 1. The Balaban J connectivity index is 1.54. The summed E-state index contributed by atoms with van der Waals surface area (Å²) >= 11 is 0. The second-order valence-corrected chi connectivity index (χ2v) is 11.4. The number of rotatable bonds is 0. The predicted molar refractivity (Wildman–Crippen MR) is 157 cm³/mol. The number of carbonyl (C=O) groups excluding carboxylic acids is 2. The Morgan fingerprint density at radius 1 is 0.625 bits per heavy atom. The third-order valence-corrected chi connectivity index (χ3v) is 9.59. The van der Waals surface area contributed by atoms with Crippen molar-refractivity contribution >= 4 is 93.1 Å². The summed E-state index contributed by atoms with van der Waals surface area (Å²) in [5.74, 6) is -0.686. The summed E-state index contributed by atoms with van der Waals surface area (Å²) in [7, 11) is 0. The Bertz CT molecular complexity index is 2790. The van der Waals surface area contributed by atoms with E-state index in [1.54, 1.807) is 4.40 Å². The molecule has 0 atom stereocenters. The zero-order chi connectivity index (χ0) is 26.2. The van der Waals surface area contributed by atoms with E-state index in [1.165, 1.54) is 0 Å². The number of hydrogen-bond donors (Lipinski definition) is 1. The lowest BCUT2D eigenvalue weighted by molar-refractivity contribution is 0.0845. The van der Waals surface area contributed by atoms with E-state index in [0.29, 0.717) is 22.2 Å². The van der Waals surface area contributed by atoms with Crippen LogP contribution in [0.3, 0.4) is 0 Å². The highest BCUT2D eigenvalue weighted by atomic mass is 16.2. The number of aryl methyl sites for hydroxylation is 2. The molecule has 7 aromatic carbocycles. The first-order valence-corrected chi connectivity index (χ1v) is 13.5. The van der Waals surface area contributed by atoms with E-state index in [0.717, 1.165) is 94.3 Å². The molecule has 0 saturated carbocycles. The quantitative estimate of drug-likeness (QED) is 0.152. The molecular formula is C34H15N3O3. The van der Waals surface area contributed by atoms with Gasteiger partial charge in [0, 0.05) is 32.7 Å². The average molecular weight is 514 g/mol. The van der Waals surface area contributed by atoms with Crippen LogP contribution in [0, 0.1) is 0 Å². The van der Waals surface area contributed by atoms with Crippen molar-refractivity contribution in [3.8, 4) is 0 Å². The SMILES string of the molecule is O=C1NC(=O)c2cc3ccc4cc5c6c(cc7c8c9c(cc1c2c9c3c4c86)CC7)c(=O)n1c2ccccc2nc51. The van der Waals surface area contributed by atoms with Crippen molar-refractivity contribution in [3.63, 3.8) is 0 Å². The Morgan fingerprint density at radius 2 is 1.30 bits per heavy atom. The number of amides is 2. The van der Waals surface area contributed by atoms with E-state index in [4.69, 9.17) is 4.98 Å². The summed E-state index contributed by atoms with van der Waals surface area (Å²) in [4.78, 5) is 45.3. The van der Waals surface area contributed by atoms with E-state index in [1.807, 2.05) is 36.4 Å². The van der Waals surface area contributed by atoms with Gasteiger partial charge >= 0.3 is 0 Å². The number of nitrogens with zero attached hydrogens (tertiary/aromatic N) is 2. The van der Waals surface area contributed by atoms with Gasteiger partial charge in [-0.25, -0.2) is 4.98 Å². The van der Waals surface area contributed by atoms with Gasteiger partial charge in [-0.3, -0.25) is 24.1 Å². The van der Waals surface area contributed by atoms with E-state index in [9.17, 15) is 14.4 Å². The van der Waals surface area contributed by atoms with Gasteiger partial charge in [-0.15, -0.1) is 0 Å². The number of para-hydroxylation sites is 2. The Hall–Kier alpha value is -5.36. The first-order valence-electron chi connectivity index (χ1n) is 13.5. The highest BCUT2D eigenvalue weighted by molar-refractivity contribution is 6.47. The molecule has 3 heterocycles. The van der Waals surface area contributed by atoms with Crippen LogP contribution in [0.15, 0.2) is 65.5 Å². The fourth-order valence-corrected chi connectivity index (χ4v) is 8.12. The van der Waals surface area contributed by atoms with Crippen molar-refractivity contribution < 1.29 is 9.59 Å². The lowest BCUT2D eigenvalue weighted by Gasteiger charge is -2.28. The monoisotopic (exact) mass is 513 g/mol. The fraction of sp³-hybridized carbons (Fsp3) is 0.0588. The minimum Gasteiger partial charge on any atom is -0.288 e. The van der Waals surface area contributed by atoms with Gasteiger partial charge in [-0.2, -0.15) is 0 Å². The molecule has 0 spiro atoms. The number of nitrogens with one attached hydrogen (secondary N) is 1. The first kappa shape index (κ1) is 19.7. The Labute approximate surface area is 223 Å². The molecule has 6 heteroatoms. The van der Waals surface area contributed by atoms with Gasteiger partial charge in [-0.1, -0.05) is 24.3 Å². The number of imidazole rings is 1. The minimum atomic E-state index is -0.351. The number of fused-ring (bicyclic) bond motifs is 4. The normalized spacial score (nSPS) is 15.2. The number of aromatic nitrogens is 2. The van der Waals surface area contributed by atoms with E-state index < -0.39 is 0 Å². The standard InChI is InChI=1S/C34H15N3O3/c38-32-18-10-14-6-5-13-9-17-27-20(34(40)37-22-4-2-1-3-21(22)35-31(17)37)12-16-8-7-15-11-19(33(39)36-32)28(18)30-24(14)23(13)29(27)26(16)25(15)30/h1-6,9-12H,7-8H2,(H,36,38,39). The van der Waals surface area contributed by atoms with Crippen LogP contribution in [0.1, 0.15) is 31.8 Å². The molecule has 0 saturated heterocycles.